The zero-order valence-corrected chi connectivity index (χ0v) is 17.8. The lowest BCUT2D eigenvalue weighted by atomic mass is 10.2. The van der Waals surface area contributed by atoms with Gasteiger partial charge in [-0.2, -0.15) is 0 Å². The van der Waals surface area contributed by atoms with Crippen molar-refractivity contribution in [1.82, 2.24) is 14.5 Å². The Balaban J connectivity index is 1.79. The van der Waals surface area contributed by atoms with Crippen molar-refractivity contribution < 1.29 is 17.9 Å². The van der Waals surface area contributed by atoms with Gasteiger partial charge in [-0.05, 0) is 31.0 Å². The van der Waals surface area contributed by atoms with E-state index in [0.717, 1.165) is 24.9 Å². The number of benzene rings is 1. The zero-order valence-electron chi connectivity index (χ0n) is 16.1. The molecule has 0 saturated carbocycles. The third-order valence-electron chi connectivity index (χ3n) is 4.73. The smallest absolute Gasteiger partial charge is 0.238 e. The standard InChI is InChI=1S/C18H26N4O4S2/c1-3-7-22-16-6-5-14(28(19,24)25)10-15(16)20-18(22)27-12-17(23)21-8-9-26-13(4-2)11-21/h5-6,10,13H,3-4,7-9,11-12H2,1-2H3,(H2,19,24,25). The van der Waals surface area contributed by atoms with Crippen LogP contribution in [-0.2, 0) is 26.1 Å². The predicted octanol–water partition coefficient (Wildman–Crippen LogP) is 1.82. The number of hydrogen-bond acceptors (Lipinski definition) is 6. The molecule has 0 radical (unpaired) electrons. The van der Waals surface area contributed by atoms with E-state index in [1.807, 2.05) is 9.47 Å². The van der Waals surface area contributed by atoms with Gasteiger partial charge in [0.15, 0.2) is 5.16 Å². The van der Waals surface area contributed by atoms with Gasteiger partial charge in [-0.15, -0.1) is 0 Å². The minimum absolute atomic E-state index is 0.0349. The molecule has 2 heterocycles. The molecule has 0 bridgehead atoms. The first-order valence-electron chi connectivity index (χ1n) is 9.38. The lowest BCUT2D eigenvalue weighted by Crippen LogP contribution is -2.46. The Bertz CT molecular complexity index is 958. The third kappa shape index (κ3) is 4.68. The molecule has 10 heteroatoms. The van der Waals surface area contributed by atoms with Crippen molar-refractivity contribution >= 4 is 38.7 Å². The van der Waals surface area contributed by atoms with E-state index in [2.05, 4.69) is 18.8 Å². The molecule has 1 unspecified atom stereocenters. The van der Waals surface area contributed by atoms with Crippen LogP contribution < -0.4 is 5.14 Å². The molecule has 2 N–H and O–H groups in total. The van der Waals surface area contributed by atoms with Gasteiger partial charge in [0, 0.05) is 19.6 Å². The first-order chi connectivity index (χ1) is 13.3. The Morgan fingerprint density at radius 2 is 2.18 bits per heavy atom. The molecule has 1 atom stereocenters. The number of sulfonamides is 1. The summed E-state index contributed by atoms with van der Waals surface area (Å²) in [5.41, 5.74) is 1.40. The van der Waals surface area contributed by atoms with Gasteiger partial charge >= 0.3 is 0 Å². The van der Waals surface area contributed by atoms with Gasteiger partial charge in [-0.25, -0.2) is 18.5 Å². The second-order valence-electron chi connectivity index (χ2n) is 6.77. The molecule has 8 nitrogen and oxygen atoms in total. The quantitative estimate of drug-likeness (QED) is 0.677. The first kappa shape index (κ1) is 21.1. The van der Waals surface area contributed by atoms with Crippen molar-refractivity contribution in [2.45, 2.75) is 49.4 Å². The minimum Gasteiger partial charge on any atom is -0.375 e. The molecule has 1 aliphatic heterocycles. The summed E-state index contributed by atoms with van der Waals surface area (Å²) in [6, 6.07) is 4.69. The fraction of sp³-hybridized carbons (Fsp3) is 0.556. The number of amides is 1. The van der Waals surface area contributed by atoms with E-state index in [1.54, 1.807) is 6.07 Å². The molecule has 154 valence electrons. The van der Waals surface area contributed by atoms with E-state index in [9.17, 15) is 13.2 Å². The fourth-order valence-electron chi connectivity index (χ4n) is 3.22. The van der Waals surface area contributed by atoms with E-state index in [0.29, 0.717) is 30.4 Å². The Morgan fingerprint density at radius 3 is 2.86 bits per heavy atom. The number of carbonyl (C=O) groups is 1. The maximum atomic E-state index is 12.6. The normalized spacial score (nSPS) is 18.0. The summed E-state index contributed by atoms with van der Waals surface area (Å²) < 4.78 is 30.9. The van der Waals surface area contributed by atoms with Crippen molar-refractivity contribution in [2.75, 3.05) is 25.4 Å². The number of thioether (sulfide) groups is 1. The summed E-state index contributed by atoms with van der Waals surface area (Å²) in [5.74, 6) is 0.345. The summed E-state index contributed by atoms with van der Waals surface area (Å²) in [6.07, 6.45) is 1.88. The lowest BCUT2D eigenvalue weighted by Gasteiger charge is -2.32. The van der Waals surface area contributed by atoms with Gasteiger partial charge in [0.1, 0.15) is 0 Å². The van der Waals surface area contributed by atoms with Gasteiger partial charge in [0.2, 0.25) is 15.9 Å². The highest BCUT2D eigenvalue weighted by molar-refractivity contribution is 7.99. The molecule has 1 aliphatic rings. The van der Waals surface area contributed by atoms with E-state index in [1.165, 1.54) is 23.9 Å². The number of primary sulfonamides is 1. The molecule has 0 spiro atoms. The Labute approximate surface area is 169 Å². The second-order valence-corrected chi connectivity index (χ2v) is 9.27. The van der Waals surface area contributed by atoms with Crippen LogP contribution in [0.3, 0.4) is 0 Å². The van der Waals surface area contributed by atoms with Crippen LogP contribution in [0.5, 0.6) is 0 Å². The van der Waals surface area contributed by atoms with Gasteiger partial charge in [0.05, 0.1) is 34.4 Å². The SMILES string of the molecule is CCCn1c(SCC(=O)N2CCOC(CC)C2)nc2cc(S(N)(=O)=O)ccc21. The van der Waals surface area contributed by atoms with Crippen molar-refractivity contribution in [3.63, 3.8) is 0 Å². The van der Waals surface area contributed by atoms with Gasteiger partial charge < -0.3 is 14.2 Å². The molecule has 1 fully saturated rings. The number of morpholine rings is 1. The summed E-state index contributed by atoms with van der Waals surface area (Å²) in [5, 5.41) is 5.93. The van der Waals surface area contributed by atoms with E-state index < -0.39 is 10.0 Å². The van der Waals surface area contributed by atoms with E-state index in [-0.39, 0.29) is 22.7 Å². The summed E-state index contributed by atoms with van der Waals surface area (Å²) in [6.45, 7) is 6.65. The number of hydrogen-bond donors (Lipinski definition) is 1. The van der Waals surface area contributed by atoms with Crippen LogP contribution in [0, 0.1) is 0 Å². The molecular formula is C18H26N4O4S2. The third-order valence-corrected chi connectivity index (χ3v) is 6.60. The highest BCUT2D eigenvalue weighted by Crippen LogP contribution is 2.27. The van der Waals surface area contributed by atoms with Crippen molar-refractivity contribution in [3.05, 3.63) is 18.2 Å². The summed E-state index contributed by atoms with van der Waals surface area (Å²) in [7, 11) is -3.79. The Morgan fingerprint density at radius 1 is 1.39 bits per heavy atom. The molecule has 2 aromatic rings. The predicted molar refractivity (Wildman–Crippen MR) is 109 cm³/mol. The number of nitrogens with zero attached hydrogens (tertiary/aromatic N) is 3. The monoisotopic (exact) mass is 426 g/mol. The zero-order chi connectivity index (χ0) is 20.3. The number of fused-ring (bicyclic) bond motifs is 1. The largest absolute Gasteiger partial charge is 0.375 e. The molecule has 0 aliphatic carbocycles. The molecule has 1 amide bonds. The van der Waals surface area contributed by atoms with Crippen molar-refractivity contribution in [2.24, 2.45) is 5.14 Å². The highest BCUT2D eigenvalue weighted by Gasteiger charge is 2.24. The average Bonchev–Trinajstić information content (AvgIpc) is 3.02. The molecule has 1 saturated heterocycles. The first-order valence-corrected chi connectivity index (χ1v) is 11.9. The van der Waals surface area contributed by atoms with Gasteiger partial charge in [-0.3, -0.25) is 4.79 Å². The van der Waals surface area contributed by atoms with Gasteiger partial charge in [-0.1, -0.05) is 25.6 Å². The Hall–Kier alpha value is -1.62. The van der Waals surface area contributed by atoms with E-state index >= 15 is 0 Å². The molecule has 28 heavy (non-hydrogen) atoms. The molecule has 3 rings (SSSR count). The summed E-state index contributed by atoms with van der Waals surface area (Å²) in [4.78, 5) is 19.1. The number of aryl methyl sites for hydroxylation is 1. The van der Waals surface area contributed by atoms with Crippen molar-refractivity contribution in [1.29, 1.82) is 0 Å². The average molecular weight is 427 g/mol. The van der Waals surface area contributed by atoms with Crippen LogP contribution >= 0.6 is 11.8 Å². The number of rotatable bonds is 7. The maximum Gasteiger partial charge on any atom is 0.238 e. The van der Waals surface area contributed by atoms with Gasteiger partial charge in [0.25, 0.3) is 0 Å². The molecule has 1 aromatic heterocycles. The molecular weight excluding hydrogens is 400 g/mol. The Kier molecular flexibility index (Phi) is 6.64. The number of carbonyl (C=O) groups excluding carboxylic acids is 1. The summed E-state index contributed by atoms with van der Waals surface area (Å²) >= 11 is 1.38. The number of nitrogens with two attached hydrogens (primary N) is 1. The minimum atomic E-state index is -3.79. The second kappa shape index (κ2) is 8.81. The highest BCUT2D eigenvalue weighted by atomic mass is 32.2. The van der Waals surface area contributed by atoms with Crippen LogP contribution in [-0.4, -0.2) is 60.3 Å². The lowest BCUT2D eigenvalue weighted by molar-refractivity contribution is -0.135. The van der Waals surface area contributed by atoms with Crippen LogP contribution in [0.4, 0.5) is 0 Å². The van der Waals surface area contributed by atoms with Crippen LogP contribution in [0.25, 0.3) is 11.0 Å². The van der Waals surface area contributed by atoms with E-state index in [4.69, 9.17) is 9.88 Å². The number of imidazole rings is 1. The number of aromatic nitrogens is 2. The fourth-order valence-corrected chi connectivity index (χ4v) is 4.70. The van der Waals surface area contributed by atoms with Crippen molar-refractivity contribution in [3.8, 4) is 0 Å². The van der Waals surface area contributed by atoms with Crippen LogP contribution in [0.15, 0.2) is 28.3 Å². The molecule has 1 aromatic carbocycles. The van der Waals surface area contributed by atoms with Crippen LogP contribution in [0.2, 0.25) is 0 Å². The van der Waals surface area contributed by atoms with Crippen LogP contribution in [0.1, 0.15) is 26.7 Å². The maximum absolute atomic E-state index is 12.6. The topological polar surface area (TPSA) is 108 Å². The number of ether oxygens (including phenoxy) is 1.